The lowest BCUT2D eigenvalue weighted by molar-refractivity contribution is 1.50. The molecule has 0 saturated carbocycles. The van der Waals surface area contributed by atoms with Crippen LogP contribution in [-0.2, 0) is 0 Å². The topological polar surface area (TPSA) is 0 Å². The molecule has 0 aliphatic rings. The van der Waals surface area contributed by atoms with Crippen molar-refractivity contribution in [1.29, 1.82) is 0 Å². The van der Waals surface area contributed by atoms with E-state index in [1.165, 1.54) is 43.7 Å². The zero-order valence-electron chi connectivity index (χ0n) is 46.2. The van der Waals surface area contributed by atoms with Gasteiger partial charge in [-0.1, -0.05) is 367 Å². The smallest absolute Gasteiger partial charge is 0.108 e. The van der Waals surface area contributed by atoms with Crippen LogP contribution in [0.1, 0.15) is 125 Å². The Kier molecular flexibility index (Phi) is 43.5. The summed E-state index contributed by atoms with van der Waals surface area (Å²) in [5.41, 5.74) is 10.7. The fourth-order valence-electron chi connectivity index (χ4n) is 8.24. The van der Waals surface area contributed by atoms with E-state index in [0.717, 1.165) is 0 Å². The minimum absolute atomic E-state index is 1.22. The van der Waals surface area contributed by atoms with Crippen LogP contribution in [0.15, 0.2) is 243 Å². The molecule has 0 heterocycles. The Morgan fingerprint density at radius 2 is 0.206 bits per heavy atom. The first kappa shape index (κ1) is 66.2. The van der Waals surface area contributed by atoms with E-state index in [1.807, 2.05) is 125 Å². The van der Waals surface area contributed by atoms with Gasteiger partial charge in [-0.05, 0) is 0 Å². The first-order valence-corrected chi connectivity index (χ1v) is 26.6. The molecule has 0 amide bonds. The summed E-state index contributed by atoms with van der Waals surface area (Å²) in [6.07, 6.45) is -2.43. The van der Waals surface area contributed by atoms with Crippen LogP contribution < -0.4 is 43.7 Å². The molecule has 0 atom stereocenters. The zero-order valence-corrected chi connectivity index (χ0v) is 46.2. The van der Waals surface area contributed by atoms with E-state index in [-0.39, 0.29) is 0 Å². The standard InChI is InChI=1S/2C24H20B.9C2H6/c2*1-5-13-21(14-6-1)25(22-15-7-2-8-16-22,23-17-9-3-10-18-23)24-19-11-4-12-20-24;9*1-2/h2*1-20H;9*1-2H3/q2*-1;;;;;;;;;. The van der Waals surface area contributed by atoms with Crippen molar-refractivity contribution < 1.29 is 0 Å². The second-order valence-corrected chi connectivity index (χ2v) is 13.0. The molecule has 0 spiro atoms. The van der Waals surface area contributed by atoms with Crippen LogP contribution in [0.4, 0.5) is 0 Å². The molecule has 0 unspecified atom stereocenters. The molecule has 0 fully saturated rings. The van der Waals surface area contributed by atoms with Gasteiger partial charge in [0, 0.05) is 0 Å². The Balaban J connectivity index is -0.000000935. The summed E-state index contributed by atoms with van der Waals surface area (Å²) >= 11 is 0. The second kappa shape index (κ2) is 44.7. The lowest BCUT2D eigenvalue weighted by atomic mass is 9.13. The molecule has 0 aromatic heterocycles. The Morgan fingerprint density at radius 1 is 0.132 bits per heavy atom. The van der Waals surface area contributed by atoms with Gasteiger partial charge in [0.1, 0.15) is 12.3 Å². The second-order valence-electron chi connectivity index (χ2n) is 13.0. The summed E-state index contributed by atoms with van der Waals surface area (Å²) in [5, 5.41) is 0. The van der Waals surface area contributed by atoms with Crippen LogP contribution in [0.2, 0.25) is 0 Å². The first-order chi connectivity index (χ1) is 33.8. The molecule has 8 aromatic rings. The molecular formula is C66H94B2-2. The average molecular weight is 909 g/mol. The van der Waals surface area contributed by atoms with Crippen molar-refractivity contribution in [3.63, 3.8) is 0 Å². The van der Waals surface area contributed by atoms with Crippen LogP contribution in [0.5, 0.6) is 0 Å². The predicted octanol–water partition coefficient (Wildman–Crippen LogP) is 15.4. The minimum atomic E-state index is -1.22. The van der Waals surface area contributed by atoms with Gasteiger partial charge in [-0.25, -0.2) is 0 Å². The first-order valence-electron chi connectivity index (χ1n) is 26.6. The minimum Gasteiger partial charge on any atom is -0.195 e. The maximum atomic E-state index is 2.26. The number of hydrogen-bond acceptors (Lipinski definition) is 0. The summed E-state index contributed by atoms with van der Waals surface area (Å²) in [4.78, 5) is 0. The van der Waals surface area contributed by atoms with E-state index in [1.54, 1.807) is 0 Å². The molecule has 8 rings (SSSR count). The summed E-state index contributed by atoms with van der Waals surface area (Å²) in [5.74, 6) is 0. The quantitative estimate of drug-likeness (QED) is 0.133. The molecule has 2 heteroatoms. The summed E-state index contributed by atoms with van der Waals surface area (Å²) in [6.45, 7) is 36.0. The third kappa shape index (κ3) is 18.5. The lowest BCUT2D eigenvalue weighted by Gasteiger charge is -2.44. The Hall–Kier alpha value is -6.11. The molecule has 0 N–H and O–H groups in total. The molecular weight excluding hydrogens is 814 g/mol. The van der Waals surface area contributed by atoms with Crippen molar-refractivity contribution in [3.05, 3.63) is 243 Å². The molecule has 0 aliphatic heterocycles. The van der Waals surface area contributed by atoms with Gasteiger partial charge in [0.2, 0.25) is 0 Å². The maximum Gasteiger partial charge on any atom is 0.108 e. The number of hydrogen-bond donors (Lipinski definition) is 0. The molecule has 366 valence electrons. The van der Waals surface area contributed by atoms with E-state index >= 15 is 0 Å². The van der Waals surface area contributed by atoms with Crippen LogP contribution in [0, 0.1) is 0 Å². The molecule has 0 radical (unpaired) electrons. The number of rotatable bonds is 8. The SMILES string of the molecule is CC.CC.CC.CC.CC.CC.CC.CC.CC.c1ccc([B-](c2ccccc2)(c2ccccc2)c2ccccc2)cc1.c1ccc([B-](c2ccccc2)(c2ccccc2)c2ccccc2)cc1. The number of benzene rings is 8. The van der Waals surface area contributed by atoms with Gasteiger partial charge < -0.3 is 0 Å². The summed E-state index contributed by atoms with van der Waals surface area (Å²) in [6, 6.07) is 87.1. The van der Waals surface area contributed by atoms with E-state index in [2.05, 4.69) is 243 Å². The Labute approximate surface area is 421 Å². The van der Waals surface area contributed by atoms with Crippen LogP contribution in [0.25, 0.3) is 0 Å². The maximum absolute atomic E-state index is 2.26. The average Bonchev–Trinajstić information content (AvgIpc) is 3.49. The van der Waals surface area contributed by atoms with E-state index in [4.69, 9.17) is 0 Å². The highest BCUT2D eigenvalue weighted by Gasteiger charge is 2.32. The van der Waals surface area contributed by atoms with Gasteiger partial charge in [0.05, 0.1) is 0 Å². The van der Waals surface area contributed by atoms with E-state index in [0.29, 0.717) is 0 Å². The Morgan fingerprint density at radius 3 is 0.279 bits per heavy atom. The van der Waals surface area contributed by atoms with Gasteiger partial charge in [0.15, 0.2) is 0 Å². The third-order valence-electron chi connectivity index (χ3n) is 10.4. The fourth-order valence-corrected chi connectivity index (χ4v) is 8.24. The van der Waals surface area contributed by atoms with Gasteiger partial charge in [0.25, 0.3) is 0 Å². The fraction of sp³-hybridized carbons (Fsp3) is 0.273. The van der Waals surface area contributed by atoms with Crippen molar-refractivity contribution in [1.82, 2.24) is 0 Å². The van der Waals surface area contributed by atoms with Crippen molar-refractivity contribution >= 4 is 56.0 Å². The molecule has 0 nitrogen and oxygen atoms in total. The molecule has 8 aromatic carbocycles. The van der Waals surface area contributed by atoms with Crippen molar-refractivity contribution in [3.8, 4) is 0 Å². The summed E-state index contributed by atoms with van der Waals surface area (Å²) in [7, 11) is 0. The van der Waals surface area contributed by atoms with Crippen molar-refractivity contribution in [2.45, 2.75) is 125 Å². The van der Waals surface area contributed by atoms with Gasteiger partial charge >= 0.3 is 0 Å². The lowest BCUT2D eigenvalue weighted by Crippen LogP contribution is -2.74. The van der Waals surface area contributed by atoms with Crippen molar-refractivity contribution in [2.75, 3.05) is 0 Å². The van der Waals surface area contributed by atoms with Crippen LogP contribution in [-0.4, -0.2) is 12.3 Å². The zero-order chi connectivity index (χ0) is 51.9. The largest absolute Gasteiger partial charge is 0.195 e. The molecule has 0 bridgehead atoms. The van der Waals surface area contributed by atoms with Gasteiger partial charge in [-0.15, -0.1) is 0 Å². The monoisotopic (exact) mass is 909 g/mol. The summed E-state index contributed by atoms with van der Waals surface area (Å²) < 4.78 is 0. The highest BCUT2D eigenvalue weighted by atomic mass is 14.1. The Bertz CT molecular complexity index is 1670. The van der Waals surface area contributed by atoms with Crippen LogP contribution in [0.3, 0.4) is 0 Å². The highest BCUT2D eigenvalue weighted by Crippen LogP contribution is 2.11. The molecule has 0 saturated heterocycles. The predicted molar refractivity (Wildman–Crippen MR) is 322 cm³/mol. The molecule has 68 heavy (non-hydrogen) atoms. The normalized spacial score (nSPS) is 9.03. The molecule has 0 aliphatic carbocycles. The van der Waals surface area contributed by atoms with Gasteiger partial charge in [-0.3, -0.25) is 0 Å². The van der Waals surface area contributed by atoms with Crippen LogP contribution >= 0.6 is 0 Å². The van der Waals surface area contributed by atoms with E-state index in [9.17, 15) is 0 Å². The third-order valence-corrected chi connectivity index (χ3v) is 10.4. The van der Waals surface area contributed by atoms with E-state index < -0.39 is 12.3 Å². The van der Waals surface area contributed by atoms with Gasteiger partial charge in [-0.2, -0.15) is 43.7 Å². The van der Waals surface area contributed by atoms with Crippen molar-refractivity contribution in [2.24, 2.45) is 0 Å². The highest BCUT2D eigenvalue weighted by molar-refractivity contribution is 7.20.